The molecule has 0 radical (unpaired) electrons. The number of carboxylic acid groups (broad SMARTS) is 1. The number of aliphatic carboxylic acids is 1. The molecule has 1 fully saturated rings. The molecule has 1 atom stereocenters. The molecule has 6 heteroatoms. The van der Waals surface area contributed by atoms with Gasteiger partial charge >= 0.3 is 5.97 Å². The van der Waals surface area contributed by atoms with Crippen molar-refractivity contribution in [1.82, 2.24) is 10.5 Å². The van der Waals surface area contributed by atoms with E-state index in [4.69, 9.17) is 9.63 Å². The lowest BCUT2D eigenvalue weighted by Crippen LogP contribution is -2.40. The maximum Gasteiger partial charge on any atom is 0.326 e. The number of nitrogens with one attached hydrogen (secondary N) is 1. The predicted octanol–water partition coefficient (Wildman–Crippen LogP) is 1.54. The van der Waals surface area contributed by atoms with Crippen LogP contribution in [0.1, 0.15) is 54.8 Å². The van der Waals surface area contributed by atoms with Crippen LogP contribution in [0.3, 0.4) is 0 Å². The zero-order chi connectivity index (χ0) is 13.1. The van der Waals surface area contributed by atoms with E-state index >= 15 is 0 Å². The second kappa shape index (κ2) is 5.20. The van der Waals surface area contributed by atoms with Gasteiger partial charge in [0.05, 0.1) is 0 Å². The minimum absolute atomic E-state index is 0.152. The van der Waals surface area contributed by atoms with E-state index in [1.165, 1.54) is 0 Å². The zero-order valence-corrected chi connectivity index (χ0v) is 10.2. The van der Waals surface area contributed by atoms with Crippen LogP contribution in [0.4, 0.5) is 0 Å². The molecule has 0 aliphatic heterocycles. The largest absolute Gasteiger partial charge is 0.480 e. The number of hydrogen-bond acceptors (Lipinski definition) is 4. The summed E-state index contributed by atoms with van der Waals surface area (Å²) in [5.74, 6) is -0.435. The molecule has 1 saturated carbocycles. The van der Waals surface area contributed by atoms with Gasteiger partial charge in [-0.2, -0.15) is 0 Å². The van der Waals surface area contributed by atoms with Gasteiger partial charge in [0.25, 0.3) is 5.91 Å². The molecule has 1 aromatic heterocycles. The Kier molecular flexibility index (Phi) is 3.64. The topological polar surface area (TPSA) is 92.4 Å². The van der Waals surface area contributed by atoms with Gasteiger partial charge in [-0.1, -0.05) is 18.5 Å². The SMILES string of the molecule is CCCC(NC(=O)c1cc(C2CC2)on1)C(=O)O. The zero-order valence-electron chi connectivity index (χ0n) is 10.2. The average Bonchev–Trinajstić information content (AvgIpc) is 3.06. The van der Waals surface area contributed by atoms with E-state index < -0.39 is 17.9 Å². The molecule has 0 bridgehead atoms. The van der Waals surface area contributed by atoms with E-state index in [1.807, 2.05) is 6.92 Å². The second-order valence-electron chi connectivity index (χ2n) is 4.54. The van der Waals surface area contributed by atoms with Crippen molar-refractivity contribution in [3.8, 4) is 0 Å². The van der Waals surface area contributed by atoms with Crippen LogP contribution in [0, 0.1) is 0 Å². The number of carbonyl (C=O) groups is 2. The van der Waals surface area contributed by atoms with E-state index in [-0.39, 0.29) is 5.69 Å². The Morgan fingerprint density at radius 2 is 2.33 bits per heavy atom. The molecule has 0 saturated heterocycles. The summed E-state index contributed by atoms with van der Waals surface area (Å²) in [6.07, 6.45) is 3.20. The summed E-state index contributed by atoms with van der Waals surface area (Å²) in [6.45, 7) is 1.86. The Morgan fingerprint density at radius 1 is 1.61 bits per heavy atom. The minimum Gasteiger partial charge on any atom is -0.480 e. The Hall–Kier alpha value is -1.85. The van der Waals surface area contributed by atoms with E-state index in [1.54, 1.807) is 6.07 Å². The van der Waals surface area contributed by atoms with Crippen LogP contribution in [-0.2, 0) is 4.79 Å². The summed E-state index contributed by atoms with van der Waals surface area (Å²) in [6, 6.07) is 0.723. The highest BCUT2D eigenvalue weighted by Crippen LogP contribution is 2.40. The van der Waals surface area contributed by atoms with Gasteiger partial charge in [-0.05, 0) is 19.3 Å². The van der Waals surface area contributed by atoms with Gasteiger partial charge in [0.1, 0.15) is 11.8 Å². The van der Waals surface area contributed by atoms with Crippen LogP contribution in [0.15, 0.2) is 10.6 Å². The number of carbonyl (C=O) groups excluding carboxylic acids is 1. The average molecular weight is 252 g/mol. The molecule has 1 aliphatic rings. The normalized spacial score (nSPS) is 16.3. The molecule has 0 aromatic carbocycles. The van der Waals surface area contributed by atoms with Crippen molar-refractivity contribution >= 4 is 11.9 Å². The quantitative estimate of drug-likeness (QED) is 0.801. The molecule has 2 N–H and O–H groups in total. The van der Waals surface area contributed by atoms with Crippen LogP contribution in [-0.4, -0.2) is 28.2 Å². The first-order chi connectivity index (χ1) is 8.61. The van der Waals surface area contributed by atoms with Crippen molar-refractivity contribution in [2.75, 3.05) is 0 Å². The number of carboxylic acids is 1. The van der Waals surface area contributed by atoms with Crippen molar-refractivity contribution in [3.05, 3.63) is 17.5 Å². The van der Waals surface area contributed by atoms with Gasteiger partial charge in [0.2, 0.25) is 0 Å². The minimum atomic E-state index is -1.03. The Bertz CT molecular complexity index is 451. The number of hydrogen-bond donors (Lipinski definition) is 2. The summed E-state index contributed by atoms with van der Waals surface area (Å²) in [5, 5.41) is 15.1. The standard InChI is InChI=1S/C12H16N2O4/c1-2-3-8(12(16)17)13-11(15)9-6-10(18-14-9)7-4-5-7/h6-8H,2-5H2,1H3,(H,13,15)(H,16,17). The maximum atomic E-state index is 11.8. The molecule has 2 rings (SSSR count). The molecular formula is C12H16N2O4. The summed E-state index contributed by atoms with van der Waals surface area (Å²) in [5.41, 5.74) is 0.152. The molecule has 1 unspecified atom stereocenters. The third-order valence-corrected chi connectivity index (χ3v) is 2.92. The first-order valence-corrected chi connectivity index (χ1v) is 6.12. The Morgan fingerprint density at radius 3 is 2.89 bits per heavy atom. The fourth-order valence-electron chi connectivity index (χ4n) is 1.73. The van der Waals surface area contributed by atoms with Crippen LogP contribution in [0.5, 0.6) is 0 Å². The van der Waals surface area contributed by atoms with Crippen LogP contribution >= 0.6 is 0 Å². The first kappa shape index (κ1) is 12.6. The van der Waals surface area contributed by atoms with Crippen molar-refractivity contribution in [2.45, 2.75) is 44.6 Å². The van der Waals surface area contributed by atoms with Gasteiger partial charge in [-0.25, -0.2) is 4.79 Å². The molecule has 0 spiro atoms. The fraction of sp³-hybridized carbons (Fsp3) is 0.583. The fourth-order valence-corrected chi connectivity index (χ4v) is 1.73. The van der Waals surface area contributed by atoms with E-state index in [0.29, 0.717) is 24.5 Å². The number of amides is 1. The highest BCUT2D eigenvalue weighted by Gasteiger charge is 2.29. The Balaban J connectivity index is 1.98. The van der Waals surface area contributed by atoms with Crippen molar-refractivity contribution in [2.24, 2.45) is 0 Å². The van der Waals surface area contributed by atoms with Gasteiger partial charge in [0, 0.05) is 12.0 Å². The van der Waals surface area contributed by atoms with Gasteiger partial charge in [0.15, 0.2) is 5.69 Å². The van der Waals surface area contributed by atoms with Crippen LogP contribution in [0.2, 0.25) is 0 Å². The molecule has 18 heavy (non-hydrogen) atoms. The number of rotatable bonds is 6. The van der Waals surface area contributed by atoms with Crippen molar-refractivity contribution in [1.29, 1.82) is 0 Å². The number of nitrogens with zero attached hydrogens (tertiary/aromatic N) is 1. The van der Waals surface area contributed by atoms with Gasteiger partial charge < -0.3 is 14.9 Å². The third kappa shape index (κ3) is 2.88. The number of aromatic nitrogens is 1. The molecule has 1 amide bonds. The van der Waals surface area contributed by atoms with Gasteiger partial charge in [-0.3, -0.25) is 4.79 Å². The Labute approximate surface area is 104 Å². The first-order valence-electron chi connectivity index (χ1n) is 6.12. The molecule has 1 heterocycles. The third-order valence-electron chi connectivity index (χ3n) is 2.92. The van der Waals surface area contributed by atoms with Crippen LogP contribution in [0.25, 0.3) is 0 Å². The summed E-state index contributed by atoms with van der Waals surface area (Å²) < 4.78 is 5.05. The summed E-state index contributed by atoms with van der Waals surface area (Å²) in [7, 11) is 0. The highest BCUT2D eigenvalue weighted by atomic mass is 16.5. The molecule has 6 nitrogen and oxygen atoms in total. The molecule has 1 aliphatic carbocycles. The van der Waals surface area contributed by atoms with Crippen LogP contribution < -0.4 is 5.32 Å². The summed E-state index contributed by atoms with van der Waals surface area (Å²) >= 11 is 0. The second-order valence-corrected chi connectivity index (χ2v) is 4.54. The lowest BCUT2D eigenvalue weighted by atomic mass is 10.1. The van der Waals surface area contributed by atoms with E-state index in [9.17, 15) is 9.59 Å². The summed E-state index contributed by atoms with van der Waals surface area (Å²) in [4.78, 5) is 22.7. The lowest BCUT2D eigenvalue weighted by Gasteiger charge is -2.11. The molecule has 98 valence electrons. The maximum absolute atomic E-state index is 11.8. The predicted molar refractivity (Wildman–Crippen MR) is 62.3 cm³/mol. The van der Waals surface area contributed by atoms with E-state index in [2.05, 4.69) is 10.5 Å². The van der Waals surface area contributed by atoms with E-state index in [0.717, 1.165) is 12.8 Å². The lowest BCUT2D eigenvalue weighted by molar-refractivity contribution is -0.139. The smallest absolute Gasteiger partial charge is 0.326 e. The molecule has 1 aromatic rings. The highest BCUT2D eigenvalue weighted by molar-refractivity contribution is 5.94. The monoisotopic (exact) mass is 252 g/mol. The van der Waals surface area contributed by atoms with Gasteiger partial charge in [-0.15, -0.1) is 0 Å². The van der Waals surface area contributed by atoms with Crippen molar-refractivity contribution in [3.63, 3.8) is 0 Å². The molecular weight excluding hydrogens is 236 g/mol. The van der Waals surface area contributed by atoms with Crippen molar-refractivity contribution < 1.29 is 19.2 Å².